The molecule has 1 aromatic carbocycles. The Labute approximate surface area is 81.1 Å². The minimum Gasteiger partial charge on any atom is -0.315 e. The smallest absolute Gasteiger partial charge is 0.223 e. The number of nitrogens with zero attached hydrogens (tertiary/aromatic N) is 1. The average Bonchev–Trinajstić information content (AvgIpc) is 2.13. The molecule has 1 rings (SSSR count). The number of carbonyl (C=O) groups excluding carboxylic acids is 1. The van der Waals surface area contributed by atoms with E-state index in [9.17, 15) is 13.6 Å². The molecule has 0 unspecified atom stereocenters. The summed E-state index contributed by atoms with van der Waals surface area (Å²) in [6.45, 7) is 2.80. The van der Waals surface area contributed by atoms with Crippen LogP contribution in [0.3, 0.4) is 0 Å². The highest BCUT2D eigenvalue weighted by Crippen LogP contribution is 2.23. The Morgan fingerprint density at radius 1 is 1.36 bits per heavy atom. The summed E-state index contributed by atoms with van der Waals surface area (Å²) in [6.07, 6.45) is 0. The van der Waals surface area contributed by atoms with Crippen LogP contribution in [0.1, 0.15) is 12.5 Å². The molecule has 0 bridgehead atoms. The van der Waals surface area contributed by atoms with Crippen molar-refractivity contribution in [3.63, 3.8) is 0 Å². The van der Waals surface area contributed by atoms with E-state index in [2.05, 4.69) is 0 Å². The zero-order valence-corrected chi connectivity index (χ0v) is 8.27. The first-order valence-electron chi connectivity index (χ1n) is 4.14. The van der Waals surface area contributed by atoms with Crippen LogP contribution in [0.25, 0.3) is 0 Å². The molecule has 0 heterocycles. The number of amides is 1. The minimum atomic E-state index is -0.907. The summed E-state index contributed by atoms with van der Waals surface area (Å²) in [4.78, 5) is 12.3. The maximum atomic E-state index is 13.1. The maximum Gasteiger partial charge on any atom is 0.223 e. The van der Waals surface area contributed by atoms with Crippen molar-refractivity contribution in [3.8, 4) is 0 Å². The molecule has 0 N–H and O–H groups in total. The summed E-state index contributed by atoms with van der Waals surface area (Å²) in [5.41, 5.74) is 0.527. The third-order valence-corrected chi connectivity index (χ3v) is 2.14. The summed E-state index contributed by atoms with van der Waals surface area (Å²) in [7, 11) is 1.52. The van der Waals surface area contributed by atoms with Gasteiger partial charge in [-0.3, -0.25) is 4.79 Å². The molecule has 0 aliphatic rings. The Kier molecular flexibility index (Phi) is 2.84. The van der Waals surface area contributed by atoms with Gasteiger partial charge in [-0.2, -0.15) is 0 Å². The van der Waals surface area contributed by atoms with Gasteiger partial charge in [-0.1, -0.05) is 0 Å². The highest BCUT2D eigenvalue weighted by molar-refractivity contribution is 5.91. The summed E-state index contributed by atoms with van der Waals surface area (Å²) in [6, 6.07) is 2.40. The standard InChI is InChI=1S/C10H11F2NO/c1-6-9(13(3)7(2)14)5-4-8(11)10(6)12/h4-5H,1-3H3. The van der Waals surface area contributed by atoms with Gasteiger partial charge in [-0.05, 0) is 19.1 Å². The molecule has 0 spiro atoms. The zero-order valence-electron chi connectivity index (χ0n) is 8.27. The third-order valence-electron chi connectivity index (χ3n) is 2.14. The van der Waals surface area contributed by atoms with E-state index in [0.29, 0.717) is 5.69 Å². The average molecular weight is 199 g/mol. The van der Waals surface area contributed by atoms with Gasteiger partial charge in [0.05, 0.1) is 0 Å². The lowest BCUT2D eigenvalue weighted by Gasteiger charge is -2.17. The van der Waals surface area contributed by atoms with Gasteiger partial charge in [0.25, 0.3) is 0 Å². The van der Waals surface area contributed by atoms with Gasteiger partial charge in [-0.25, -0.2) is 8.78 Å². The highest BCUT2D eigenvalue weighted by atomic mass is 19.2. The number of benzene rings is 1. The van der Waals surface area contributed by atoms with Crippen LogP contribution < -0.4 is 4.90 Å². The number of anilines is 1. The molecule has 0 aromatic heterocycles. The van der Waals surface area contributed by atoms with Gasteiger partial charge in [0.1, 0.15) is 0 Å². The molecule has 0 atom stereocenters. The van der Waals surface area contributed by atoms with E-state index < -0.39 is 11.6 Å². The predicted molar refractivity (Wildman–Crippen MR) is 50.2 cm³/mol. The fourth-order valence-corrected chi connectivity index (χ4v) is 1.17. The van der Waals surface area contributed by atoms with Crippen LogP contribution in [0.5, 0.6) is 0 Å². The van der Waals surface area contributed by atoms with Gasteiger partial charge in [0.15, 0.2) is 11.6 Å². The fraction of sp³-hybridized carbons (Fsp3) is 0.300. The van der Waals surface area contributed by atoms with Gasteiger partial charge >= 0.3 is 0 Å². The molecule has 0 aliphatic heterocycles. The molecule has 0 saturated carbocycles. The summed E-state index contributed by atoms with van der Waals surface area (Å²) in [5, 5.41) is 0. The van der Waals surface area contributed by atoms with Crippen molar-refractivity contribution in [3.05, 3.63) is 29.3 Å². The van der Waals surface area contributed by atoms with E-state index in [1.807, 2.05) is 0 Å². The quantitative estimate of drug-likeness (QED) is 0.679. The molecule has 4 heteroatoms. The second-order valence-corrected chi connectivity index (χ2v) is 3.08. The first-order chi connectivity index (χ1) is 6.45. The summed E-state index contributed by atoms with van der Waals surface area (Å²) < 4.78 is 25.8. The Hall–Kier alpha value is -1.45. The van der Waals surface area contributed by atoms with Crippen LogP contribution in [0.15, 0.2) is 12.1 Å². The number of hydrogen-bond donors (Lipinski definition) is 0. The molecule has 1 aromatic rings. The lowest BCUT2D eigenvalue weighted by molar-refractivity contribution is -0.116. The Morgan fingerprint density at radius 3 is 2.43 bits per heavy atom. The van der Waals surface area contributed by atoms with Gasteiger partial charge in [0.2, 0.25) is 5.91 Å². The molecule has 0 saturated heterocycles. The van der Waals surface area contributed by atoms with E-state index in [4.69, 9.17) is 0 Å². The van der Waals surface area contributed by atoms with E-state index >= 15 is 0 Å². The molecule has 1 amide bonds. The van der Waals surface area contributed by atoms with Crippen LogP contribution in [-0.2, 0) is 4.79 Å². The zero-order chi connectivity index (χ0) is 10.9. The molecule has 0 aliphatic carbocycles. The number of rotatable bonds is 1. The van der Waals surface area contributed by atoms with E-state index in [0.717, 1.165) is 6.07 Å². The van der Waals surface area contributed by atoms with Crippen LogP contribution >= 0.6 is 0 Å². The van der Waals surface area contributed by atoms with Gasteiger partial charge in [-0.15, -0.1) is 0 Å². The van der Waals surface area contributed by atoms with Crippen molar-refractivity contribution < 1.29 is 13.6 Å². The molecule has 2 nitrogen and oxygen atoms in total. The van der Waals surface area contributed by atoms with Crippen molar-refractivity contribution in [1.29, 1.82) is 0 Å². The second-order valence-electron chi connectivity index (χ2n) is 3.08. The molecule has 14 heavy (non-hydrogen) atoms. The van der Waals surface area contributed by atoms with Crippen LogP contribution in [0.2, 0.25) is 0 Å². The largest absolute Gasteiger partial charge is 0.315 e. The number of halogens is 2. The predicted octanol–water partition coefficient (Wildman–Crippen LogP) is 2.26. The molecule has 0 radical (unpaired) electrons. The first kappa shape index (κ1) is 10.6. The second kappa shape index (κ2) is 3.74. The summed E-state index contributed by atoms with van der Waals surface area (Å²) in [5.74, 6) is -2.03. The lowest BCUT2D eigenvalue weighted by atomic mass is 10.1. The molecular formula is C10H11F2NO. The van der Waals surface area contributed by atoms with Crippen molar-refractivity contribution in [2.75, 3.05) is 11.9 Å². The fourth-order valence-electron chi connectivity index (χ4n) is 1.17. The van der Waals surface area contributed by atoms with Crippen LogP contribution in [0, 0.1) is 18.6 Å². The Balaban J connectivity index is 3.24. The van der Waals surface area contributed by atoms with Crippen LogP contribution in [0.4, 0.5) is 14.5 Å². The molecular weight excluding hydrogens is 188 g/mol. The van der Waals surface area contributed by atoms with E-state index in [1.54, 1.807) is 0 Å². The van der Waals surface area contributed by atoms with Crippen LogP contribution in [-0.4, -0.2) is 13.0 Å². The molecule has 76 valence electrons. The monoisotopic (exact) mass is 199 g/mol. The van der Waals surface area contributed by atoms with Crippen molar-refractivity contribution in [1.82, 2.24) is 0 Å². The summed E-state index contributed by atoms with van der Waals surface area (Å²) >= 11 is 0. The van der Waals surface area contributed by atoms with Crippen molar-refractivity contribution in [2.45, 2.75) is 13.8 Å². The normalized spacial score (nSPS) is 10.1. The van der Waals surface area contributed by atoms with Crippen molar-refractivity contribution in [2.24, 2.45) is 0 Å². The molecule has 0 fully saturated rings. The van der Waals surface area contributed by atoms with E-state index in [-0.39, 0.29) is 11.5 Å². The third kappa shape index (κ3) is 1.73. The Bertz CT molecular complexity index is 377. The van der Waals surface area contributed by atoms with Gasteiger partial charge in [0, 0.05) is 25.2 Å². The Morgan fingerprint density at radius 2 is 1.93 bits per heavy atom. The lowest BCUT2D eigenvalue weighted by Crippen LogP contribution is -2.24. The maximum absolute atomic E-state index is 13.1. The highest BCUT2D eigenvalue weighted by Gasteiger charge is 2.14. The first-order valence-corrected chi connectivity index (χ1v) is 4.14. The van der Waals surface area contributed by atoms with Gasteiger partial charge < -0.3 is 4.90 Å². The number of hydrogen-bond acceptors (Lipinski definition) is 1. The van der Waals surface area contributed by atoms with Crippen molar-refractivity contribution >= 4 is 11.6 Å². The topological polar surface area (TPSA) is 20.3 Å². The minimum absolute atomic E-state index is 0.141. The SMILES string of the molecule is CC(=O)N(C)c1ccc(F)c(F)c1C. The number of carbonyl (C=O) groups is 1. The van der Waals surface area contributed by atoms with E-state index in [1.165, 1.54) is 31.9 Å².